The topological polar surface area (TPSA) is 57.7 Å². The van der Waals surface area contributed by atoms with Gasteiger partial charge in [0.2, 0.25) is 0 Å². The first-order chi connectivity index (χ1) is 11.6. The summed E-state index contributed by atoms with van der Waals surface area (Å²) < 4.78 is 16.7. The number of hydrogen-bond donors (Lipinski definition) is 0. The van der Waals surface area contributed by atoms with E-state index in [4.69, 9.17) is 21.1 Å². The number of rotatable bonds is 6. The predicted molar refractivity (Wildman–Crippen MR) is 93.3 cm³/mol. The molecule has 0 amide bonds. The molecule has 0 aliphatic heterocycles. The van der Waals surface area contributed by atoms with Crippen LogP contribution >= 0.6 is 22.9 Å². The molecule has 0 unspecified atom stereocenters. The summed E-state index contributed by atoms with van der Waals surface area (Å²) in [6, 6.07) is 12.6. The van der Waals surface area contributed by atoms with Crippen LogP contribution in [0.4, 0.5) is 0 Å². The van der Waals surface area contributed by atoms with Crippen molar-refractivity contribution in [3.05, 3.63) is 47.5 Å². The molecule has 0 radical (unpaired) electrons. The van der Waals surface area contributed by atoms with Gasteiger partial charge in [0.15, 0.2) is 0 Å². The van der Waals surface area contributed by atoms with Crippen molar-refractivity contribution < 1.29 is 19.0 Å². The summed E-state index contributed by atoms with van der Waals surface area (Å²) >= 11 is 7.40. The van der Waals surface area contributed by atoms with Crippen molar-refractivity contribution in [2.24, 2.45) is 0 Å². The van der Waals surface area contributed by atoms with Gasteiger partial charge in [-0.1, -0.05) is 22.9 Å². The molecule has 1 heterocycles. The average Bonchev–Trinajstić information content (AvgIpc) is 2.97. The third kappa shape index (κ3) is 4.15. The molecule has 0 N–H and O–H groups in total. The molecular weight excluding hydrogens is 350 g/mol. The summed E-state index contributed by atoms with van der Waals surface area (Å²) in [5, 5.41) is 1.22. The van der Waals surface area contributed by atoms with E-state index >= 15 is 0 Å². The second kappa shape index (κ2) is 7.51. The summed E-state index contributed by atoms with van der Waals surface area (Å²) in [5.74, 6) is 1.01. The molecule has 2 aromatic carbocycles. The number of benzene rings is 2. The summed E-state index contributed by atoms with van der Waals surface area (Å²) in [5.41, 5.74) is 0.849. The van der Waals surface area contributed by atoms with Gasteiger partial charge < -0.3 is 14.2 Å². The van der Waals surface area contributed by atoms with E-state index < -0.39 is 0 Å². The molecule has 0 saturated heterocycles. The van der Waals surface area contributed by atoms with Crippen LogP contribution in [0.25, 0.3) is 10.2 Å². The molecule has 0 bridgehead atoms. The molecule has 0 spiro atoms. The minimum absolute atomic E-state index is 0.211. The van der Waals surface area contributed by atoms with Gasteiger partial charge in [0.05, 0.1) is 30.4 Å². The zero-order valence-electron chi connectivity index (χ0n) is 12.8. The number of halogens is 1. The van der Waals surface area contributed by atoms with Crippen LogP contribution < -0.4 is 9.47 Å². The lowest BCUT2D eigenvalue weighted by Gasteiger charge is -2.06. The Labute approximate surface area is 147 Å². The lowest BCUT2D eigenvalue weighted by Crippen LogP contribution is -2.07. The normalized spacial score (nSPS) is 10.6. The highest BCUT2D eigenvalue weighted by atomic mass is 35.5. The molecule has 0 aliphatic carbocycles. The summed E-state index contributed by atoms with van der Waals surface area (Å²) in [4.78, 5) is 15.4. The third-order valence-corrected chi connectivity index (χ3v) is 4.29. The highest BCUT2D eigenvalue weighted by Gasteiger charge is 2.07. The Morgan fingerprint density at radius 3 is 2.67 bits per heavy atom. The second-order valence-electron chi connectivity index (χ2n) is 4.84. The standard InChI is InChI=1S/C17H14ClNO4S/c1-21-16(20)8-9-22-12-3-5-13(6-4-12)23-17-19-14-7-2-11(18)10-15(14)24-17/h2-7,10H,8-9H2,1H3. The Kier molecular flexibility index (Phi) is 5.17. The zero-order valence-corrected chi connectivity index (χ0v) is 14.4. The van der Waals surface area contributed by atoms with Crippen LogP contribution in [0.5, 0.6) is 16.7 Å². The Hall–Kier alpha value is -2.31. The molecule has 7 heteroatoms. The summed E-state index contributed by atoms with van der Waals surface area (Å²) in [6.45, 7) is 0.269. The fourth-order valence-electron chi connectivity index (χ4n) is 1.98. The van der Waals surface area contributed by atoms with Gasteiger partial charge >= 0.3 is 5.97 Å². The lowest BCUT2D eigenvalue weighted by atomic mass is 10.3. The average molecular weight is 364 g/mol. The highest BCUT2D eigenvalue weighted by Crippen LogP contribution is 2.33. The minimum Gasteiger partial charge on any atom is -0.493 e. The maximum Gasteiger partial charge on any atom is 0.308 e. The molecule has 24 heavy (non-hydrogen) atoms. The van der Waals surface area contributed by atoms with Gasteiger partial charge in [0.1, 0.15) is 11.5 Å². The van der Waals surface area contributed by atoms with Crippen molar-refractivity contribution >= 4 is 39.1 Å². The van der Waals surface area contributed by atoms with Crippen molar-refractivity contribution in [2.45, 2.75) is 6.42 Å². The molecule has 124 valence electrons. The van der Waals surface area contributed by atoms with Crippen molar-refractivity contribution in [2.75, 3.05) is 13.7 Å². The molecule has 3 rings (SSSR count). The quantitative estimate of drug-likeness (QED) is 0.595. The van der Waals surface area contributed by atoms with E-state index in [0.717, 1.165) is 10.2 Å². The number of thiazole rings is 1. The lowest BCUT2D eigenvalue weighted by molar-refractivity contribution is -0.141. The number of nitrogens with zero attached hydrogens (tertiary/aromatic N) is 1. The van der Waals surface area contributed by atoms with Crippen molar-refractivity contribution in [3.8, 4) is 16.7 Å². The van der Waals surface area contributed by atoms with Crippen LogP contribution in [0, 0.1) is 0 Å². The maximum atomic E-state index is 11.0. The van der Waals surface area contributed by atoms with Crippen LogP contribution in [0.3, 0.4) is 0 Å². The van der Waals surface area contributed by atoms with Crippen molar-refractivity contribution in [3.63, 3.8) is 0 Å². The van der Waals surface area contributed by atoms with E-state index in [9.17, 15) is 4.79 Å². The van der Waals surface area contributed by atoms with Gasteiger partial charge in [0, 0.05) is 5.02 Å². The van der Waals surface area contributed by atoms with E-state index in [1.807, 2.05) is 12.1 Å². The number of hydrogen-bond acceptors (Lipinski definition) is 6. The monoisotopic (exact) mass is 363 g/mol. The van der Waals surface area contributed by atoms with Crippen molar-refractivity contribution in [1.29, 1.82) is 0 Å². The van der Waals surface area contributed by atoms with Gasteiger partial charge in [-0.05, 0) is 42.5 Å². The van der Waals surface area contributed by atoms with Crippen LogP contribution in [0.15, 0.2) is 42.5 Å². The first-order valence-electron chi connectivity index (χ1n) is 7.17. The van der Waals surface area contributed by atoms with Crippen LogP contribution in [-0.2, 0) is 9.53 Å². The zero-order chi connectivity index (χ0) is 16.9. The summed E-state index contributed by atoms with van der Waals surface area (Å²) in [6.07, 6.45) is 0.211. The molecule has 5 nitrogen and oxygen atoms in total. The fraction of sp³-hybridized carbons (Fsp3) is 0.176. The Morgan fingerprint density at radius 2 is 1.92 bits per heavy atom. The minimum atomic E-state index is -0.300. The molecule has 0 saturated carbocycles. The molecular formula is C17H14ClNO4S. The van der Waals surface area contributed by atoms with Gasteiger partial charge in [-0.25, -0.2) is 4.98 Å². The predicted octanol–water partition coefficient (Wildman–Crippen LogP) is 4.68. The number of ether oxygens (including phenoxy) is 3. The fourth-order valence-corrected chi connectivity index (χ4v) is 3.09. The number of fused-ring (bicyclic) bond motifs is 1. The molecule has 0 fully saturated rings. The Morgan fingerprint density at radius 1 is 1.17 bits per heavy atom. The third-order valence-electron chi connectivity index (χ3n) is 3.16. The molecule has 0 aliphatic rings. The maximum absolute atomic E-state index is 11.0. The molecule has 3 aromatic rings. The van der Waals surface area contributed by atoms with E-state index in [0.29, 0.717) is 21.7 Å². The smallest absolute Gasteiger partial charge is 0.308 e. The number of esters is 1. The number of carbonyl (C=O) groups is 1. The number of methoxy groups -OCH3 is 1. The van der Waals surface area contributed by atoms with Crippen LogP contribution in [-0.4, -0.2) is 24.7 Å². The molecule has 0 atom stereocenters. The van der Waals surface area contributed by atoms with Crippen LogP contribution in [0.1, 0.15) is 6.42 Å². The first kappa shape index (κ1) is 16.5. The highest BCUT2D eigenvalue weighted by molar-refractivity contribution is 7.20. The number of carbonyl (C=O) groups excluding carboxylic acids is 1. The van der Waals surface area contributed by atoms with Gasteiger partial charge in [0.25, 0.3) is 5.19 Å². The number of aromatic nitrogens is 1. The van der Waals surface area contributed by atoms with E-state index in [2.05, 4.69) is 9.72 Å². The van der Waals surface area contributed by atoms with Gasteiger partial charge in [-0.3, -0.25) is 4.79 Å². The first-order valence-corrected chi connectivity index (χ1v) is 8.37. The SMILES string of the molecule is COC(=O)CCOc1ccc(Oc2nc3ccc(Cl)cc3s2)cc1. The van der Waals surface area contributed by atoms with E-state index in [1.165, 1.54) is 18.4 Å². The van der Waals surface area contributed by atoms with Crippen molar-refractivity contribution in [1.82, 2.24) is 4.98 Å². The van der Waals surface area contributed by atoms with E-state index in [-0.39, 0.29) is 19.0 Å². The summed E-state index contributed by atoms with van der Waals surface area (Å²) in [7, 11) is 1.35. The van der Waals surface area contributed by atoms with Gasteiger partial charge in [-0.15, -0.1) is 0 Å². The van der Waals surface area contributed by atoms with E-state index in [1.54, 1.807) is 30.3 Å². The second-order valence-corrected chi connectivity index (χ2v) is 6.27. The van der Waals surface area contributed by atoms with Gasteiger partial charge in [-0.2, -0.15) is 0 Å². The van der Waals surface area contributed by atoms with Crippen LogP contribution in [0.2, 0.25) is 5.02 Å². The largest absolute Gasteiger partial charge is 0.493 e. The Balaban J connectivity index is 1.61. The Bertz CT molecular complexity index is 847. The molecule has 1 aromatic heterocycles.